The number of nitrogens with one attached hydrogen (secondary N) is 1. The molecule has 12 N–H and O–H groups in total. The molecule has 0 aromatic carbocycles. The molecule has 54 heavy (non-hydrogen) atoms. The van der Waals surface area contributed by atoms with Crippen LogP contribution in [0.2, 0.25) is 0 Å². The molecule has 19 heteroatoms. The first-order chi connectivity index (χ1) is 25.8. The minimum atomic E-state index is -1.97. The Labute approximate surface area is 315 Å². The van der Waals surface area contributed by atoms with E-state index in [1.807, 2.05) is 6.08 Å². The van der Waals surface area contributed by atoms with Gasteiger partial charge < -0.3 is 89.9 Å². The van der Waals surface area contributed by atoms with Crippen molar-refractivity contribution in [3.05, 3.63) is 12.2 Å². The lowest BCUT2D eigenvalue weighted by Crippen LogP contribution is -2.66. The van der Waals surface area contributed by atoms with Crippen molar-refractivity contribution in [3.8, 4) is 0 Å². The van der Waals surface area contributed by atoms with Gasteiger partial charge in [0, 0.05) is 6.92 Å². The van der Waals surface area contributed by atoms with Gasteiger partial charge in [0.1, 0.15) is 73.2 Å². The second kappa shape index (κ2) is 23.7. The second-order valence-corrected chi connectivity index (χ2v) is 14.1. The number of hydrogen-bond donors (Lipinski definition) is 12. The van der Waals surface area contributed by atoms with E-state index in [9.17, 15) is 61.0 Å². The molecule has 3 aliphatic heterocycles. The van der Waals surface area contributed by atoms with Crippen molar-refractivity contribution in [2.24, 2.45) is 0 Å². The highest BCUT2D eigenvalue weighted by molar-refractivity contribution is 5.73. The summed E-state index contributed by atoms with van der Waals surface area (Å²) in [5.74, 6) is -0.457. The number of rotatable bonds is 22. The summed E-state index contributed by atoms with van der Waals surface area (Å²) in [4.78, 5) is 11.9. The first-order valence-corrected chi connectivity index (χ1v) is 18.9. The summed E-state index contributed by atoms with van der Waals surface area (Å²) in [5.41, 5.74) is 0. The van der Waals surface area contributed by atoms with Crippen LogP contribution in [0, 0.1) is 0 Å². The Kier molecular flexibility index (Phi) is 20.6. The van der Waals surface area contributed by atoms with E-state index in [2.05, 4.69) is 12.2 Å². The molecule has 1 amide bonds. The van der Waals surface area contributed by atoms with Gasteiger partial charge >= 0.3 is 0 Å². The molecule has 316 valence electrons. The highest BCUT2D eigenvalue weighted by Gasteiger charge is 2.53. The summed E-state index contributed by atoms with van der Waals surface area (Å²) >= 11 is 0. The average molecular weight is 786 g/mol. The molecular formula is C35H63NO18. The minimum absolute atomic E-state index is 0.369. The minimum Gasteiger partial charge on any atom is -0.394 e. The zero-order chi connectivity index (χ0) is 39.9. The van der Waals surface area contributed by atoms with E-state index in [-0.39, 0.29) is 6.61 Å². The molecule has 0 spiro atoms. The van der Waals surface area contributed by atoms with Crippen LogP contribution in [0.3, 0.4) is 0 Å². The molecule has 0 bridgehead atoms. The third-order valence-corrected chi connectivity index (χ3v) is 9.87. The van der Waals surface area contributed by atoms with Crippen molar-refractivity contribution in [1.29, 1.82) is 0 Å². The Hall–Kier alpha value is -1.47. The standard InChI is InChI=1S/C35H63NO18/c1-3-4-5-6-7-8-9-10-11-12-13-20(41)19(36-18(2)40)17-49-33-29(47)26(44)31(22(15-38)51-33)54-35-30(48)27(45)32(23(16-39)52-35)53-34-28(46)25(43)24(42)21(14-37)50-34/h12-13,19-35,37-39,41-48H,3-11,14-17H2,1-2H3,(H,36,40)/b13-12+. The predicted molar refractivity (Wildman–Crippen MR) is 185 cm³/mol. The molecule has 19 nitrogen and oxygen atoms in total. The number of carbonyl (C=O) groups is 1. The van der Waals surface area contributed by atoms with Gasteiger partial charge in [-0.15, -0.1) is 0 Å². The monoisotopic (exact) mass is 785 g/mol. The third kappa shape index (κ3) is 13.0. The van der Waals surface area contributed by atoms with Crippen molar-refractivity contribution >= 4 is 5.91 Å². The van der Waals surface area contributed by atoms with Gasteiger partial charge in [-0.1, -0.05) is 64.0 Å². The van der Waals surface area contributed by atoms with Gasteiger partial charge in [0.2, 0.25) is 5.91 Å². The van der Waals surface area contributed by atoms with Crippen LogP contribution in [0.15, 0.2) is 12.2 Å². The van der Waals surface area contributed by atoms with Crippen LogP contribution < -0.4 is 5.32 Å². The van der Waals surface area contributed by atoms with E-state index < -0.39 is 130 Å². The van der Waals surface area contributed by atoms with Crippen molar-refractivity contribution in [2.75, 3.05) is 26.4 Å². The fourth-order valence-electron chi connectivity index (χ4n) is 6.63. The molecule has 0 aliphatic carbocycles. The molecule has 17 unspecified atom stereocenters. The van der Waals surface area contributed by atoms with E-state index in [4.69, 9.17) is 28.4 Å². The van der Waals surface area contributed by atoms with Crippen molar-refractivity contribution < 1.29 is 89.4 Å². The fraction of sp³-hybridized carbons (Fsp3) is 0.914. The summed E-state index contributed by atoms with van der Waals surface area (Å²) in [6, 6.07) is -0.965. The number of hydrogen-bond acceptors (Lipinski definition) is 18. The Morgan fingerprint density at radius 3 is 1.63 bits per heavy atom. The lowest BCUT2D eigenvalue weighted by atomic mass is 9.96. The van der Waals surface area contributed by atoms with Gasteiger partial charge in [-0.2, -0.15) is 0 Å². The maximum absolute atomic E-state index is 11.9. The van der Waals surface area contributed by atoms with Gasteiger partial charge in [-0.05, 0) is 12.8 Å². The molecule has 3 aliphatic rings. The number of aliphatic hydroxyl groups excluding tert-OH is 11. The third-order valence-electron chi connectivity index (χ3n) is 9.87. The quantitative estimate of drug-likeness (QED) is 0.0373. The summed E-state index contributed by atoms with van der Waals surface area (Å²) in [6.45, 7) is 0.650. The van der Waals surface area contributed by atoms with E-state index in [0.29, 0.717) is 0 Å². The number of unbranched alkanes of at least 4 members (excludes halogenated alkanes) is 8. The van der Waals surface area contributed by atoms with Crippen LogP contribution in [0.1, 0.15) is 71.6 Å². The zero-order valence-electron chi connectivity index (χ0n) is 30.9. The summed E-state index contributed by atoms with van der Waals surface area (Å²) in [7, 11) is 0. The number of amides is 1. The number of allylic oxidation sites excluding steroid dienone is 1. The van der Waals surface area contributed by atoms with Gasteiger partial charge in [0.05, 0.1) is 38.6 Å². The van der Waals surface area contributed by atoms with Crippen LogP contribution in [0.25, 0.3) is 0 Å². The Morgan fingerprint density at radius 1 is 0.648 bits per heavy atom. The van der Waals surface area contributed by atoms with E-state index in [1.165, 1.54) is 39.0 Å². The number of carbonyl (C=O) groups excluding carboxylic acids is 1. The molecule has 0 aromatic rings. The highest BCUT2D eigenvalue weighted by Crippen LogP contribution is 2.32. The summed E-state index contributed by atoms with van der Waals surface area (Å²) in [5, 5.41) is 117. The zero-order valence-corrected chi connectivity index (χ0v) is 30.9. The second-order valence-electron chi connectivity index (χ2n) is 14.1. The maximum atomic E-state index is 11.9. The smallest absolute Gasteiger partial charge is 0.217 e. The predicted octanol–water partition coefficient (Wildman–Crippen LogP) is -3.60. The van der Waals surface area contributed by atoms with Crippen LogP contribution in [-0.2, 0) is 33.2 Å². The van der Waals surface area contributed by atoms with E-state index >= 15 is 0 Å². The van der Waals surface area contributed by atoms with Crippen molar-refractivity contribution in [2.45, 2.75) is 176 Å². The molecule has 17 atom stereocenters. The Bertz CT molecular complexity index is 1080. The molecule has 3 heterocycles. The van der Waals surface area contributed by atoms with Crippen LogP contribution in [0.5, 0.6) is 0 Å². The highest BCUT2D eigenvalue weighted by atomic mass is 16.8. The average Bonchev–Trinajstić information content (AvgIpc) is 3.15. The first-order valence-electron chi connectivity index (χ1n) is 18.9. The van der Waals surface area contributed by atoms with Gasteiger partial charge in [0.15, 0.2) is 18.9 Å². The fourth-order valence-corrected chi connectivity index (χ4v) is 6.63. The van der Waals surface area contributed by atoms with Crippen LogP contribution in [-0.4, -0.2) is 193 Å². The van der Waals surface area contributed by atoms with Gasteiger partial charge in [0.25, 0.3) is 0 Å². The molecule has 0 radical (unpaired) electrons. The number of ether oxygens (including phenoxy) is 6. The van der Waals surface area contributed by atoms with Crippen molar-refractivity contribution in [3.63, 3.8) is 0 Å². The number of aliphatic hydroxyl groups is 11. The summed E-state index contributed by atoms with van der Waals surface area (Å²) in [6.07, 6.45) is -13.3. The molecular weight excluding hydrogens is 722 g/mol. The topological polar surface area (TPSA) is 307 Å². The van der Waals surface area contributed by atoms with Crippen LogP contribution in [0.4, 0.5) is 0 Å². The molecule has 3 fully saturated rings. The largest absolute Gasteiger partial charge is 0.394 e. The SMILES string of the molecule is CCCCCCCCCC/C=C/C(O)C(COC1OC(CO)C(OC2OC(CO)C(OC3OC(CO)C(O)C(O)C3O)C(O)C2O)C(O)C1O)NC(C)=O. The molecule has 0 saturated carbocycles. The lowest BCUT2D eigenvalue weighted by molar-refractivity contribution is -0.379. The maximum Gasteiger partial charge on any atom is 0.217 e. The normalized spacial score (nSPS) is 38.7. The van der Waals surface area contributed by atoms with Gasteiger partial charge in [-0.25, -0.2) is 0 Å². The Morgan fingerprint density at radius 2 is 1.11 bits per heavy atom. The molecule has 3 rings (SSSR count). The lowest BCUT2D eigenvalue weighted by Gasteiger charge is -2.48. The van der Waals surface area contributed by atoms with Gasteiger partial charge in [-0.3, -0.25) is 4.79 Å². The molecule has 0 aromatic heterocycles. The Balaban J connectivity index is 1.57. The first kappa shape index (κ1) is 46.9. The summed E-state index contributed by atoms with van der Waals surface area (Å²) < 4.78 is 33.4. The molecule has 3 saturated heterocycles. The van der Waals surface area contributed by atoms with E-state index in [1.54, 1.807) is 6.08 Å². The van der Waals surface area contributed by atoms with Crippen molar-refractivity contribution in [1.82, 2.24) is 5.32 Å². The van der Waals surface area contributed by atoms with Crippen LogP contribution >= 0.6 is 0 Å². The van der Waals surface area contributed by atoms with E-state index in [0.717, 1.165) is 25.7 Å².